The van der Waals surface area contributed by atoms with Gasteiger partial charge in [-0.2, -0.15) is 0 Å². The Labute approximate surface area is 406 Å². The molecule has 3 nitrogen and oxygen atoms in total. The van der Waals surface area contributed by atoms with Crippen LogP contribution >= 0.6 is 0 Å². The molecular formula is C65H55BN2O. The third kappa shape index (κ3) is 6.14. The van der Waals surface area contributed by atoms with E-state index in [9.17, 15) is 0 Å². The second-order valence-electron chi connectivity index (χ2n) is 22.1. The van der Waals surface area contributed by atoms with Crippen LogP contribution < -0.4 is 20.6 Å². The maximum absolute atomic E-state index is 7.23. The van der Waals surface area contributed by atoms with Crippen LogP contribution in [0.2, 0.25) is 0 Å². The molecule has 13 rings (SSSR count). The lowest BCUT2D eigenvalue weighted by molar-refractivity contribution is 0.590. The highest BCUT2D eigenvalue weighted by atomic mass is 16.3. The molecule has 334 valence electrons. The lowest BCUT2D eigenvalue weighted by Crippen LogP contribution is -2.62. The van der Waals surface area contributed by atoms with Crippen LogP contribution in [0.3, 0.4) is 0 Å². The molecule has 0 unspecified atom stereocenters. The molecule has 0 bridgehead atoms. The minimum atomic E-state index is -0.283. The van der Waals surface area contributed by atoms with Crippen molar-refractivity contribution in [3.63, 3.8) is 0 Å². The van der Waals surface area contributed by atoms with Crippen molar-refractivity contribution in [1.29, 1.82) is 0 Å². The molecule has 1 aromatic heterocycles. The van der Waals surface area contributed by atoms with E-state index < -0.39 is 0 Å². The highest BCUT2D eigenvalue weighted by Crippen LogP contribution is 2.59. The SMILES string of the molecule is CC(C)(C)c1ccc(N2B3c4ccc5c(oc6ccccc65)c4N(c4ccc(C(C)(C)C)cc4-c4ccccc4)c4cc5c(c(c43)-c3cc(-c4ccccc4)ccc32)C(C)(C)c2ccccc2-5)cc1. The predicted molar refractivity (Wildman–Crippen MR) is 293 cm³/mol. The molecule has 3 heterocycles. The molecule has 0 saturated carbocycles. The number of para-hydroxylation sites is 1. The van der Waals surface area contributed by atoms with Gasteiger partial charge in [-0.05, 0) is 126 Å². The van der Waals surface area contributed by atoms with E-state index in [0.29, 0.717) is 0 Å². The van der Waals surface area contributed by atoms with Gasteiger partial charge in [-0.3, -0.25) is 0 Å². The monoisotopic (exact) mass is 890 g/mol. The summed E-state index contributed by atoms with van der Waals surface area (Å²) in [5.74, 6) is 0. The van der Waals surface area contributed by atoms with Crippen molar-refractivity contribution in [2.45, 2.75) is 71.6 Å². The maximum Gasteiger partial charge on any atom is 0.333 e. The second-order valence-corrected chi connectivity index (χ2v) is 22.1. The molecule has 0 atom stereocenters. The molecule has 3 aliphatic rings. The topological polar surface area (TPSA) is 19.6 Å². The van der Waals surface area contributed by atoms with Crippen molar-refractivity contribution in [3.8, 4) is 44.5 Å². The lowest BCUT2D eigenvalue weighted by Gasteiger charge is -2.47. The molecule has 4 heteroatoms. The van der Waals surface area contributed by atoms with Gasteiger partial charge in [0.1, 0.15) is 5.58 Å². The second kappa shape index (κ2) is 14.7. The lowest BCUT2D eigenvalue weighted by atomic mass is 9.42. The summed E-state index contributed by atoms with van der Waals surface area (Å²) in [7, 11) is 0. The number of fused-ring (bicyclic) bond motifs is 12. The average Bonchev–Trinajstić information content (AvgIpc) is 3.85. The molecule has 0 radical (unpaired) electrons. The van der Waals surface area contributed by atoms with Gasteiger partial charge in [0.15, 0.2) is 5.58 Å². The Morgan fingerprint density at radius 3 is 1.87 bits per heavy atom. The van der Waals surface area contributed by atoms with Gasteiger partial charge in [0.2, 0.25) is 0 Å². The third-order valence-corrected chi connectivity index (χ3v) is 15.5. The zero-order chi connectivity index (χ0) is 47.1. The van der Waals surface area contributed by atoms with Crippen molar-refractivity contribution in [1.82, 2.24) is 0 Å². The van der Waals surface area contributed by atoms with Crippen molar-refractivity contribution >= 4 is 68.1 Å². The zero-order valence-corrected chi connectivity index (χ0v) is 40.8. The van der Waals surface area contributed by atoms with Crippen LogP contribution in [0.15, 0.2) is 192 Å². The molecule has 0 N–H and O–H groups in total. The summed E-state index contributed by atoms with van der Waals surface area (Å²) in [6.45, 7) is 18.5. The smallest absolute Gasteiger partial charge is 0.333 e. The van der Waals surface area contributed by atoms with E-state index in [1.165, 1.54) is 89.1 Å². The van der Waals surface area contributed by atoms with Crippen LogP contribution in [0, 0.1) is 0 Å². The summed E-state index contributed by atoms with van der Waals surface area (Å²) < 4.78 is 7.23. The van der Waals surface area contributed by atoms with Gasteiger partial charge in [-0.25, -0.2) is 0 Å². The molecule has 0 fully saturated rings. The van der Waals surface area contributed by atoms with Crippen molar-refractivity contribution in [3.05, 3.63) is 210 Å². The minimum absolute atomic E-state index is 0.00761. The molecule has 0 amide bonds. The Bertz CT molecular complexity index is 3720. The normalized spacial score (nSPS) is 14.4. The van der Waals surface area contributed by atoms with Gasteiger partial charge in [-0.15, -0.1) is 0 Å². The molecule has 2 aliphatic heterocycles. The van der Waals surface area contributed by atoms with E-state index in [0.717, 1.165) is 39.0 Å². The summed E-state index contributed by atoms with van der Waals surface area (Å²) in [6, 6.07) is 70.7. The molecule has 69 heavy (non-hydrogen) atoms. The first-order valence-corrected chi connectivity index (χ1v) is 24.6. The standard InChI is InChI=1S/C65H55BN2O/c1-63(2,3)43-28-31-45(32-29-43)68-55-35-27-42(40-19-11-9-12-20-40)37-51(55)58-59-50(46-23-15-17-25-52(46)65(59,7)8)39-56-60(58)66(68)53-34-33-48-47-24-16-18-26-57(47)69-62(48)61(53)67(56)54-36-30-44(64(4,5)6)38-49(54)41-21-13-10-14-22-41/h9-39H,1-8H3. The van der Waals surface area contributed by atoms with Crippen LogP contribution in [0.25, 0.3) is 66.4 Å². The van der Waals surface area contributed by atoms with Gasteiger partial charge in [-0.1, -0.05) is 195 Å². The van der Waals surface area contributed by atoms with Crippen LogP contribution in [-0.4, -0.2) is 6.85 Å². The van der Waals surface area contributed by atoms with Crippen molar-refractivity contribution in [2.24, 2.45) is 0 Å². The van der Waals surface area contributed by atoms with Gasteiger partial charge >= 0.3 is 6.85 Å². The fourth-order valence-electron chi connectivity index (χ4n) is 12.1. The quantitative estimate of drug-likeness (QED) is 0.164. The summed E-state index contributed by atoms with van der Waals surface area (Å²) in [6.07, 6.45) is 0. The van der Waals surface area contributed by atoms with E-state index in [1.807, 2.05) is 0 Å². The van der Waals surface area contributed by atoms with E-state index in [2.05, 4.69) is 253 Å². The number of anilines is 5. The van der Waals surface area contributed by atoms with Gasteiger partial charge in [0, 0.05) is 44.4 Å². The molecular weight excluding hydrogens is 836 g/mol. The van der Waals surface area contributed by atoms with E-state index in [-0.39, 0.29) is 23.1 Å². The molecule has 0 saturated heterocycles. The summed E-state index contributed by atoms with van der Waals surface area (Å²) in [5.41, 5.74) is 25.0. The highest BCUT2D eigenvalue weighted by Gasteiger charge is 2.51. The van der Waals surface area contributed by atoms with Gasteiger partial charge in [0.25, 0.3) is 0 Å². The first-order chi connectivity index (χ1) is 33.3. The van der Waals surface area contributed by atoms with Gasteiger partial charge in [0.05, 0.1) is 11.4 Å². The van der Waals surface area contributed by atoms with E-state index >= 15 is 0 Å². The minimum Gasteiger partial charge on any atom is -0.454 e. The average molecular weight is 891 g/mol. The number of hydrogen-bond donors (Lipinski definition) is 0. The predicted octanol–water partition coefficient (Wildman–Crippen LogP) is 16.5. The summed E-state index contributed by atoms with van der Waals surface area (Å²) >= 11 is 0. The molecule has 9 aromatic carbocycles. The maximum atomic E-state index is 7.23. The first-order valence-electron chi connectivity index (χ1n) is 24.6. The molecule has 10 aromatic rings. The van der Waals surface area contributed by atoms with Crippen LogP contribution in [0.5, 0.6) is 0 Å². The molecule has 0 spiro atoms. The van der Waals surface area contributed by atoms with Crippen molar-refractivity contribution < 1.29 is 4.42 Å². The third-order valence-electron chi connectivity index (χ3n) is 15.5. The van der Waals surface area contributed by atoms with Gasteiger partial charge < -0.3 is 14.1 Å². The Morgan fingerprint density at radius 1 is 0.478 bits per heavy atom. The van der Waals surface area contributed by atoms with Crippen LogP contribution in [-0.2, 0) is 16.2 Å². The van der Waals surface area contributed by atoms with Crippen LogP contribution in [0.4, 0.5) is 28.4 Å². The number of nitrogens with zero attached hydrogens (tertiary/aromatic N) is 2. The number of furan rings is 1. The number of rotatable bonds is 4. The Morgan fingerprint density at radius 2 is 1.13 bits per heavy atom. The van der Waals surface area contributed by atoms with Crippen LogP contribution in [0.1, 0.15) is 77.6 Å². The van der Waals surface area contributed by atoms with E-state index in [1.54, 1.807) is 0 Å². The fraction of sp³-hybridized carbons (Fsp3) is 0.169. The summed E-state index contributed by atoms with van der Waals surface area (Å²) in [4.78, 5) is 5.25. The molecule has 1 aliphatic carbocycles. The van der Waals surface area contributed by atoms with Crippen molar-refractivity contribution in [2.75, 3.05) is 9.71 Å². The Kier molecular flexibility index (Phi) is 8.88. The Balaban J connectivity index is 1.23. The highest BCUT2D eigenvalue weighted by molar-refractivity contribution is 6.94. The largest absolute Gasteiger partial charge is 0.454 e. The fourth-order valence-corrected chi connectivity index (χ4v) is 12.1. The first kappa shape index (κ1) is 41.6. The Hall–Kier alpha value is -7.56. The van der Waals surface area contributed by atoms with E-state index in [4.69, 9.17) is 4.42 Å². The number of hydrogen-bond acceptors (Lipinski definition) is 3. The zero-order valence-electron chi connectivity index (χ0n) is 40.8. The number of benzene rings is 9. The summed E-state index contributed by atoms with van der Waals surface area (Å²) in [5, 5.41) is 2.23.